The smallest absolute Gasteiger partial charge is 0.407 e. The lowest BCUT2D eigenvalue weighted by Gasteiger charge is -2.24. The lowest BCUT2D eigenvalue weighted by Crippen LogP contribution is -2.41. The maximum absolute atomic E-state index is 11.9. The summed E-state index contributed by atoms with van der Waals surface area (Å²) in [5.74, 6) is 0. The number of hydrogen-bond donors (Lipinski definition) is 2. The second-order valence-electron chi connectivity index (χ2n) is 6.27. The van der Waals surface area contributed by atoms with Crippen LogP contribution in [0.25, 0.3) is 0 Å². The fraction of sp³-hybridized carbons (Fsp3) is 0.600. The van der Waals surface area contributed by atoms with E-state index in [-0.39, 0.29) is 18.2 Å². The Labute approximate surface area is 120 Å². The van der Waals surface area contributed by atoms with Gasteiger partial charge in [0.15, 0.2) is 0 Å². The molecule has 5 heteroatoms. The van der Waals surface area contributed by atoms with Gasteiger partial charge in [-0.05, 0) is 51.8 Å². The second-order valence-corrected chi connectivity index (χ2v) is 6.27. The Morgan fingerprint density at radius 1 is 1.45 bits per heavy atom. The summed E-state index contributed by atoms with van der Waals surface area (Å²) in [5.41, 5.74) is 1.74. The van der Waals surface area contributed by atoms with Crippen molar-refractivity contribution in [3.05, 3.63) is 29.6 Å². The van der Waals surface area contributed by atoms with Crippen molar-refractivity contribution in [2.24, 2.45) is 0 Å². The van der Waals surface area contributed by atoms with E-state index in [1.54, 1.807) is 0 Å². The molecule has 110 valence electrons. The van der Waals surface area contributed by atoms with Crippen LogP contribution in [0.2, 0.25) is 0 Å². The molecule has 5 nitrogen and oxygen atoms in total. The molecule has 1 aliphatic rings. The minimum Gasteiger partial charge on any atom is -0.444 e. The van der Waals surface area contributed by atoms with E-state index in [4.69, 9.17) is 4.74 Å². The first-order valence-corrected chi connectivity index (χ1v) is 6.99. The van der Waals surface area contributed by atoms with Crippen LogP contribution in [-0.4, -0.2) is 29.3 Å². The molecule has 0 spiro atoms. The molecule has 0 aromatic carbocycles. The topological polar surface area (TPSA) is 63.2 Å². The summed E-state index contributed by atoms with van der Waals surface area (Å²) in [5, 5.41) is 6.36. The standard InChI is InChI=1S/C15H23N3O2/c1-10-7-11(9-16-8-10)13-12(5-6-17-13)18-14(19)20-15(2,3)4/h7-9,12-13,17H,5-6H2,1-4H3,(H,18,19)/t12-,13+/m1/s1. The predicted molar refractivity (Wildman–Crippen MR) is 77.5 cm³/mol. The van der Waals surface area contributed by atoms with Crippen molar-refractivity contribution >= 4 is 6.09 Å². The average Bonchev–Trinajstić information content (AvgIpc) is 2.74. The van der Waals surface area contributed by atoms with Crippen molar-refractivity contribution in [3.63, 3.8) is 0 Å². The Kier molecular flexibility index (Phi) is 4.28. The lowest BCUT2D eigenvalue weighted by molar-refractivity contribution is 0.0500. The van der Waals surface area contributed by atoms with Crippen LogP contribution in [0.15, 0.2) is 18.5 Å². The van der Waals surface area contributed by atoms with E-state index in [1.165, 1.54) is 0 Å². The molecule has 0 unspecified atom stereocenters. The summed E-state index contributed by atoms with van der Waals surface area (Å²) in [6.07, 6.45) is 4.20. The SMILES string of the molecule is Cc1cncc([C@@H]2NCC[C@H]2NC(=O)OC(C)(C)C)c1. The zero-order chi connectivity index (χ0) is 14.8. The molecule has 0 bridgehead atoms. The van der Waals surface area contributed by atoms with Crippen LogP contribution >= 0.6 is 0 Å². The number of ether oxygens (including phenoxy) is 1. The van der Waals surface area contributed by atoms with Crippen LogP contribution in [-0.2, 0) is 4.74 Å². The van der Waals surface area contributed by atoms with E-state index in [0.29, 0.717) is 0 Å². The number of nitrogens with one attached hydrogen (secondary N) is 2. The highest BCUT2D eigenvalue weighted by atomic mass is 16.6. The number of nitrogens with zero attached hydrogens (tertiary/aromatic N) is 1. The van der Waals surface area contributed by atoms with Gasteiger partial charge >= 0.3 is 6.09 Å². The number of pyridine rings is 1. The molecule has 1 aromatic rings. The second kappa shape index (κ2) is 5.79. The average molecular weight is 277 g/mol. The van der Waals surface area contributed by atoms with Crippen molar-refractivity contribution in [3.8, 4) is 0 Å². The van der Waals surface area contributed by atoms with Crippen LogP contribution in [0.5, 0.6) is 0 Å². The molecule has 0 radical (unpaired) electrons. The van der Waals surface area contributed by atoms with Crippen molar-refractivity contribution in [2.75, 3.05) is 6.54 Å². The van der Waals surface area contributed by atoms with E-state index in [0.717, 1.165) is 24.1 Å². The Hall–Kier alpha value is -1.62. The summed E-state index contributed by atoms with van der Waals surface area (Å²) in [6, 6.07) is 2.23. The van der Waals surface area contributed by atoms with Gasteiger partial charge in [0.25, 0.3) is 0 Å². The van der Waals surface area contributed by atoms with Crippen LogP contribution in [0.1, 0.15) is 44.4 Å². The third-order valence-corrected chi connectivity index (χ3v) is 3.18. The van der Waals surface area contributed by atoms with E-state index < -0.39 is 5.60 Å². The molecular weight excluding hydrogens is 254 g/mol. The highest BCUT2D eigenvalue weighted by Crippen LogP contribution is 2.24. The Balaban J connectivity index is 2.03. The number of aromatic nitrogens is 1. The molecule has 2 rings (SSSR count). The first-order valence-electron chi connectivity index (χ1n) is 6.99. The predicted octanol–water partition coefficient (Wildman–Crippen LogP) is 2.32. The van der Waals surface area contributed by atoms with Gasteiger partial charge in [0, 0.05) is 12.4 Å². The molecule has 20 heavy (non-hydrogen) atoms. The minimum atomic E-state index is -0.476. The Morgan fingerprint density at radius 2 is 2.20 bits per heavy atom. The molecular formula is C15H23N3O2. The maximum atomic E-state index is 11.9. The molecule has 1 fully saturated rings. The number of alkyl carbamates (subject to hydrolysis) is 1. The van der Waals surface area contributed by atoms with Crippen LogP contribution < -0.4 is 10.6 Å². The molecule has 0 aliphatic carbocycles. The summed E-state index contributed by atoms with van der Waals surface area (Å²) in [6.45, 7) is 8.48. The molecule has 1 aliphatic heterocycles. The van der Waals surface area contributed by atoms with Crippen molar-refractivity contribution in [2.45, 2.75) is 51.8 Å². The molecule has 1 aromatic heterocycles. The Bertz CT molecular complexity index is 482. The maximum Gasteiger partial charge on any atom is 0.407 e. The van der Waals surface area contributed by atoms with Crippen LogP contribution in [0.3, 0.4) is 0 Å². The highest BCUT2D eigenvalue weighted by Gasteiger charge is 2.31. The normalized spacial score (nSPS) is 22.6. The number of carbonyl (C=O) groups excluding carboxylic acids is 1. The van der Waals surface area contributed by atoms with Gasteiger partial charge in [-0.1, -0.05) is 6.07 Å². The van der Waals surface area contributed by atoms with Crippen molar-refractivity contribution < 1.29 is 9.53 Å². The van der Waals surface area contributed by atoms with Gasteiger partial charge < -0.3 is 15.4 Å². The minimum absolute atomic E-state index is 0.0356. The van der Waals surface area contributed by atoms with Gasteiger partial charge in [0.2, 0.25) is 0 Å². The number of hydrogen-bond acceptors (Lipinski definition) is 4. The Morgan fingerprint density at radius 3 is 2.85 bits per heavy atom. The van der Waals surface area contributed by atoms with E-state index in [2.05, 4.69) is 21.7 Å². The summed E-state index contributed by atoms with van der Waals surface area (Å²) >= 11 is 0. The number of carbonyl (C=O) groups is 1. The van der Waals surface area contributed by atoms with Gasteiger partial charge in [-0.3, -0.25) is 4.98 Å². The fourth-order valence-corrected chi connectivity index (χ4v) is 2.42. The van der Waals surface area contributed by atoms with Crippen LogP contribution in [0, 0.1) is 6.92 Å². The first-order chi connectivity index (χ1) is 9.35. The summed E-state index contributed by atoms with van der Waals surface area (Å²) < 4.78 is 5.31. The van der Waals surface area contributed by atoms with Gasteiger partial charge in [-0.25, -0.2) is 4.79 Å². The fourth-order valence-electron chi connectivity index (χ4n) is 2.42. The summed E-state index contributed by atoms with van der Waals surface area (Å²) in [4.78, 5) is 16.1. The van der Waals surface area contributed by atoms with Gasteiger partial charge in [-0.2, -0.15) is 0 Å². The lowest BCUT2D eigenvalue weighted by atomic mass is 10.0. The molecule has 1 amide bonds. The van der Waals surface area contributed by atoms with Gasteiger partial charge in [-0.15, -0.1) is 0 Å². The molecule has 2 atom stereocenters. The zero-order valence-corrected chi connectivity index (χ0v) is 12.6. The number of amides is 1. The molecule has 2 heterocycles. The first kappa shape index (κ1) is 14.8. The molecule has 1 saturated heterocycles. The van der Waals surface area contributed by atoms with Gasteiger partial charge in [0.1, 0.15) is 5.60 Å². The third-order valence-electron chi connectivity index (χ3n) is 3.18. The van der Waals surface area contributed by atoms with Crippen LogP contribution in [0.4, 0.5) is 4.79 Å². The van der Waals surface area contributed by atoms with E-state index >= 15 is 0 Å². The van der Waals surface area contributed by atoms with E-state index in [9.17, 15) is 4.79 Å². The monoisotopic (exact) mass is 277 g/mol. The van der Waals surface area contributed by atoms with Crippen molar-refractivity contribution in [1.29, 1.82) is 0 Å². The quantitative estimate of drug-likeness (QED) is 0.871. The summed E-state index contributed by atoms with van der Waals surface area (Å²) in [7, 11) is 0. The molecule has 2 N–H and O–H groups in total. The number of rotatable bonds is 2. The van der Waals surface area contributed by atoms with E-state index in [1.807, 2.05) is 40.1 Å². The third kappa shape index (κ3) is 3.93. The van der Waals surface area contributed by atoms with Crippen molar-refractivity contribution in [1.82, 2.24) is 15.6 Å². The largest absolute Gasteiger partial charge is 0.444 e. The number of aryl methyl sites for hydroxylation is 1. The molecule has 0 saturated carbocycles. The van der Waals surface area contributed by atoms with Gasteiger partial charge in [0.05, 0.1) is 12.1 Å². The zero-order valence-electron chi connectivity index (χ0n) is 12.6. The highest BCUT2D eigenvalue weighted by molar-refractivity contribution is 5.68.